The molecule has 1 aromatic rings. The average Bonchev–Trinajstić information content (AvgIpc) is 2.31. The molecule has 17 heavy (non-hydrogen) atoms. The summed E-state index contributed by atoms with van der Waals surface area (Å²) in [6.45, 7) is 5.53. The molecule has 5 heteroatoms. The monoisotopic (exact) mass is 238 g/mol. The Kier molecular flexibility index (Phi) is 4.90. The van der Waals surface area contributed by atoms with Crippen molar-refractivity contribution in [2.24, 2.45) is 0 Å². The highest BCUT2D eigenvalue weighted by atomic mass is 16.6. The van der Waals surface area contributed by atoms with E-state index in [4.69, 9.17) is 5.11 Å². The van der Waals surface area contributed by atoms with Gasteiger partial charge in [0, 0.05) is 37.5 Å². The van der Waals surface area contributed by atoms with Gasteiger partial charge in [-0.1, -0.05) is 6.07 Å². The fourth-order valence-corrected chi connectivity index (χ4v) is 1.76. The number of nitro groups is 1. The predicted octanol–water partition coefficient (Wildman–Crippen LogP) is 2.11. The van der Waals surface area contributed by atoms with Gasteiger partial charge in [-0.15, -0.1) is 0 Å². The maximum Gasteiger partial charge on any atom is 0.271 e. The summed E-state index contributed by atoms with van der Waals surface area (Å²) in [6, 6.07) is 4.87. The minimum absolute atomic E-state index is 0.105. The lowest BCUT2D eigenvalue weighted by molar-refractivity contribution is -0.384. The molecule has 0 heterocycles. The standard InChI is InChI=1S/C12H18N2O3/c1-3-13(7-4-8-15)12-9-11(14(16)17)6-5-10(12)2/h5-6,9,15H,3-4,7-8H2,1-2H3. The second kappa shape index (κ2) is 6.20. The average molecular weight is 238 g/mol. The van der Waals surface area contributed by atoms with E-state index >= 15 is 0 Å². The lowest BCUT2D eigenvalue weighted by atomic mass is 10.1. The Labute approximate surface area is 101 Å². The van der Waals surface area contributed by atoms with Crippen molar-refractivity contribution < 1.29 is 10.0 Å². The summed E-state index contributed by atoms with van der Waals surface area (Å²) in [5.74, 6) is 0. The fraction of sp³-hybridized carbons (Fsp3) is 0.500. The normalized spacial score (nSPS) is 10.3. The van der Waals surface area contributed by atoms with Crippen LogP contribution in [-0.4, -0.2) is 29.7 Å². The first-order chi connectivity index (χ1) is 8.10. The van der Waals surface area contributed by atoms with Crippen LogP contribution in [0.3, 0.4) is 0 Å². The van der Waals surface area contributed by atoms with Crippen molar-refractivity contribution >= 4 is 11.4 Å². The summed E-state index contributed by atoms with van der Waals surface area (Å²) in [5.41, 5.74) is 1.98. The first-order valence-electron chi connectivity index (χ1n) is 5.71. The van der Waals surface area contributed by atoms with Crippen LogP contribution in [0.15, 0.2) is 18.2 Å². The molecule has 0 unspecified atom stereocenters. The number of aliphatic hydroxyl groups excluding tert-OH is 1. The molecule has 5 nitrogen and oxygen atoms in total. The fourth-order valence-electron chi connectivity index (χ4n) is 1.76. The second-order valence-corrected chi connectivity index (χ2v) is 3.88. The number of rotatable bonds is 6. The molecule has 0 aliphatic heterocycles. The molecular formula is C12H18N2O3. The molecule has 1 aromatic carbocycles. The molecule has 1 rings (SSSR count). The molecule has 0 radical (unpaired) electrons. The first-order valence-corrected chi connectivity index (χ1v) is 5.71. The van der Waals surface area contributed by atoms with Crippen molar-refractivity contribution in [2.45, 2.75) is 20.3 Å². The van der Waals surface area contributed by atoms with E-state index in [1.807, 2.05) is 18.7 Å². The van der Waals surface area contributed by atoms with Crippen molar-refractivity contribution in [3.8, 4) is 0 Å². The Hall–Kier alpha value is -1.62. The predicted molar refractivity (Wildman–Crippen MR) is 67.4 cm³/mol. The summed E-state index contributed by atoms with van der Waals surface area (Å²) in [5, 5.41) is 19.6. The van der Waals surface area contributed by atoms with E-state index < -0.39 is 0 Å². The zero-order chi connectivity index (χ0) is 12.8. The number of aryl methyl sites for hydroxylation is 1. The number of benzene rings is 1. The van der Waals surface area contributed by atoms with Crippen molar-refractivity contribution in [3.63, 3.8) is 0 Å². The molecule has 0 bridgehead atoms. The Morgan fingerprint density at radius 2 is 2.18 bits per heavy atom. The van der Waals surface area contributed by atoms with Gasteiger partial charge < -0.3 is 10.0 Å². The van der Waals surface area contributed by atoms with Crippen LogP contribution in [0.5, 0.6) is 0 Å². The quantitative estimate of drug-likeness (QED) is 0.609. The highest BCUT2D eigenvalue weighted by Crippen LogP contribution is 2.25. The first kappa shape index (κ1) is 13.4. The zero-order valence-corrected chi connectivity index (χ0v) is 10.2. The molecule has 0 saturated heterocycles. The molecular weight excluding hydrogens is 220 g/mol. The van der Waals surface area contributed by atoms with Crippen LogP contribution in [0.1, 0.15) is 18.9 Å². The van der Waals surface area contributed by atoms with Gasteiger partial charge in [0.2, 0.25) is 0 Å². The van der Waals surface area contributed by atoms with Gasteiger partial charge >= 0.3 is 0 Å². The van der Waals surface area contributed by atoms with Gasteiger partial charge in [0.25, 0.3) is 5.69 Å². The summed E-state index contributed by atoms with van der Waals surface area (Å²) in [6.07, 6.45) is 0.663. The van der Waals surface area contributed by atoms with Gasteiger partial charge in [-0.3, -0.25) is 10.1 Å². The summed E-state index contributed by atoms with van der Waals surface area (Å²) in [7, 11) is 0. The number of hydrogen-bond acceptors (Lipinski definition) is 4. The van der Waals surface area contributed by atoms with Crippen LogP contribution in [-0.2, 0) is 0 Å². The van der Waals surface area contributed by atoms with Crippen molar-refractivity contribution in [1.29, 1.82) is 0 Å². The Morgan fingerprint density at radius 3 is 2.71 bits per heavy atom. The van der Waals surface area contributed by atoms with Crippen LogP contribution < -0.4 is 4.90 Å². The molecule has 94 valence electrons. The van der Waals surface area contributed by atoms with E-state index in [-0.39, 0.29) is 17.2 Å². The van der Waals surface area contributed by atoms with Gasteiger partial charge in [0.1, 0.15) is 0 Å². The van der Waals surface area contributed by atoms with Crippen LogP contribution in [0.4, 0.5) is 11.4 Å². The van der Waals surface area contributed by atoms with Crippen LogP contribution >= 0.6 is 0 Å². The van der Waals surface area contributed by atoms with Gasteiger partial charge in [-0.2, -0.15) is 0 Å². The topological polar surface area (TPSA) is 66.6 Å². The highest BCUT2D eigenvalue weighted by Gasteiger charge is 2.12. The van der Waals surface area contributed by atoms with E-state index in [0.717, 1.165) is 17.8 Å². The lowest BCUT2D eigenvalue weighted by Gasteiger charge is -2.24. The van der Waals surface area contributed by atoms with Crippen LogP contribution in [0.2, 0.25) is 0 Å². The van der Waals surface area contributed by atoms with Gasteiger partial charge in [-0.05, 0) is 25.8 Å². The third kappa shape index (κ3) is 3.42. The number of non-ortho nitro benzene ring substituents is 1. The van der Waals surface area contributed by atoms with Crippen molar-refractivity contribution in [2.75, 3.05) is 24.6 Å². The minimum Gasteiger partial charge on any atom is -0.396 e. The molecule has 0 aromatic heterocycles. The largest absolute Gasteiger partial charge is 0.396 e. The third-order valence-electron chi connectivity index (χ3n) is 2.71. The minimum atomic E-state index is -0.386. The number of nitrogens with zero attached hydrogens (tertiary/aromatic N) is 2. The molecule has 0 fully saturated rings. The van der Waals surface area contributed by atoms with Gasteiger partial charge in [0.05, 0.1) is 4.92 Å². The van der Waals surface area contributed by atoms with Gasteiger partial charge in [-0.25, -0.2) is 0 Å². The second-order valence-electron chi connectivity index (χ2n) is 3.88. The smallest absolute Gasteiger partial charge is 0.271 e. The molecule has 0 spiro atoms. The van der Waals surface area contributed by atoms with E-state index in [2.05, 4.69) is 0 Å². The SMILES string of the molecule is CCN(CCCO)c1cc([N+](=O)[O-])ccc1C. The van der Waals surface area contributed by atoms with E-state index in [1.165, 1.54) is 6.07 Å². The Bertz CT molecular complexity index is 393. The zero-order valence-electron chi connectivity index (χ0n) is 10.2. The maximum absolute atomic E-state index is 10.7. The molecule has 0 atom stereocenters. The van der Waals surface area contributed by atoms with Crippen LogP contribution in [0.25, 0.3) is 0 Å². The van der Waals surface area contributed by atoms with Crippen molar-refractivity contribution in [3.05, 3.63) is 33.9 Å². The molecule has 0 saturated carbocycles. The molecule has 1 N–H and O–H groups in total. The molecule has 0 aliphatic rings. The number of aliphatic hydroxyl groups is 1. The summed E-state index contributed by atoms with van der Waals surface area (Å²) >= 11 is 0. The van der Waals surface area contributed by atoms with E-state index in [9.17, 15) is 10.1 Å². The molecule has 0 amide bonds. The highest BCUT2D eigenvalue weighted by molar-refractivity contribution is 5.58. The lowest BCUT2D eigenvalue weighted by Crippen LogP contribution is -2.25. The summed E-state index contributed by atoms with van der Waals surface area (Å²) < 4.78 is 0. The Morgan fingerprint density at radius 1 is 1.47 bits per heavy atom. The summed E-state index contributed by atoms with van der Waals surface area (Å²) in [4.78, 5) is 12.4. The maximum atomic E-state index is 10.7. The number of hydrogen-bond donors (Lipinski definition) is 1. The number of anilines is 1. The van der Waals surface area contributed by atoms with Crippen LogP contribution in [0, 0.1) is 17.0 Å². The third-order valence-corrected chi connectivity index (χ3v) is 2.71. The Balaban J connectivity index is 3.00. The van der Waals surface area contributed by atoms with E-state index in [1.54, 1.807) is 12.1 Å². The van der Waals surface area contributed by atoms with Gasteiger partial charge in [0.15, 0.2) is 0 Å². The van der Waals surface area contributed by atoms with E-state index in [0.29, 0.717) is 13.0 Å². The number of nitro benzene ring substituents is 1. The molecule has 0 aliphatic carbocycles. The van der Waals surface area contributed by atoms with Crippen molar-refractivity contribution in [1.82, 2.24) is 0 Å².